The van der Waals surface area contributed by atoms with Gasteiger partial charge in [0.2, 0.25) is 0 Å². The maximum absolute atomic E-state index is 12.9. The zero-order valence-electron chi connectivity index (χ0n) is 26.5. The molecule has 5 rings (SSSR count). The average Bonchev–Trinajstić information content (AvgIpc) is 3.44. The molecule has 5 aliphatic rings. The molecule has 12 atom stereocenters. The van der Waals surface area contributed by atoms with Crippen molar-refractivity contribution >= 4 is 23.7 Å². The number of fused-ring (bicyclic) bond motifs is 2. The molecule has 2 spiro atoms. The van der Waals surface area contributed by atoms with E-state index >= 15 is 0 Å². The third-order valence-electron chi connectivity index (χ3n) is 13.8. The molecule has 0 aromatic rings. The summed E-state index contributed by atoms with van der Waals surface area (Å²) in [6.07, 6.45) is 4.01. The lowest BCUT2D eigenvalue weighted by molar-refractivity contribution is -0.259. The molecule has 0 radical (unpaired) electrons. The van der Waals surface area contributed by atoms with E-state index in [-0.39, 0.29) is 27.9 Å². The predicted molar refractivity (Wildman–Crippen MR) is 155 cm³/mol. The van der Waals surface area contributed by atoms with Crippen molar-refractivity contribution in [1.29, 1.82) is 0 Å². The van der Waals surface area contributed by atoms with Gasteiger partial charge in [-0.25, -0.2) is 0 Å². The van der Waals surface area contributed by atoms with Crippen LogP contribution in [0.4, 0.5) is 0 Å². The van der Waals surface area contributed by atoms with Crippen LogP contribution >= 0.6 is 0 Å². The first-order valence-electron chi connectivity index (χ1n) is 15.9. The molecule has 0 aliphatic heterocycles. The summed E-state index contributed by atoms with van der Waals surface area (Å²) in [6.45, 7) is 16.8. The maximum atomic E-state index is 12.9. The molecule has 0 heterocycles. The summed E-state index contributed by atoms with van der Waals surface area (Å²) < 4.78 is 12.3. The third-order valence-corrected chi connectivity index (χ3v) is 13.8. The number of ether oxygens (including phenoxy) is 2. The highest BCUT2D eigenvalue weighted by Crippen LogP contribution is 2.89. The smallest absolute Gasteiger partial charge is 0.312 e. The van der Waals surface area contributed by atoms with E-state index in [4.69, 9.17) is 9.47 Å². The molecule has 0 bridgehead atoms. The van der Waals surface area contributed by atoms with Gasteiger partial charge in [-0.1, -0.05) is 27.4 Å². The van der Waals surface area contributed by atoms with Gasteiger partial charge in [-0.05, 0) is 104 Å². The molecule has 12 unspecified atom stereocenters. The van der Waals surface area contributed by atoms with E-state index in [1.807, 2.05) is 0 Å². The third kappa shape index (κ3) is 3.95. The molecule has 0 saturated heterocycles. The van der Waals surface area contributed by atoms with Gasteiger partial charge in [0.05, 0.1) is 11.5 Å². The van der Waals surface area contributed by atoms with Crippen LogP contribution < -0.4 is 0 Å². The van der Waals surface area contributed by atoms with Gasteiger partial charge in [-0.15, -0.1) is 0 Å². The van der Waals surface area contributed by atoms with Crippen LogP contribution in [0.5, 0.6) is 0 Å². The summed E-state index contributed by atoms with van der Waals surface area (Å²) >= 11 is 0. The molecule has 234 valence electrons. The van der Waals surface area contributed by atoms with Crippen LogP contribution in [0.25, 0.3) is 0 Å². The molecular weight excluding hydrogens is 536 g/mol. The number of Topliss-reactive ketones (excluding diaryl/α,β-unsaturated/α-hetero) is 1. The molecule has 8 heteroatoms. The second-order valence-corrected chi connectivity index (χ2v) is 15.4. The van der Waals surface area contributed by atoms with Crippen molar-refractivity contribution in [3.05, 3.63) is 12.2 Å². The van der Waals surface area contributed by atoms with Crippen LogP contribution in [0.3, 0.4) is 0 Å². The van der Waals surface area contributed by atoms with Crippen molar-refractivity contribution in [2.45, 2.75) is 125 Å². The first-order chi connectivity index (χ1) is 19.4. The van der Waals surface area contributed by atoms with Crippen molar-refractivity contribution in [3.63, 3.8) is 0 Å². The topological polar surface area (TPSA) is 127 Å². The van der Waals surface area contributed by atoms with Crippen LogP contribution in [0, 0.1) is 50.7 Å². The highest BCUT2D eigenvalue weighted by molar-refractivity contribution is 5.94. The Balaban J connectivity index is 1.61. The Morgan fingerprint density at radius 3 is 1.98 bits per heavy atom. The number of esters is 2. The number of allylic oxidation sites excluding steroid dienone is 1. The Hall–Kier alpha value is -2.22. The lowest BCUT2D eigenvalue weighted by Crippen LogP contribution is -2.69. The quantitative estimate of drug-likeness (QED) is 0.282. The molecule has 0 aromatic carbocycles. The Morgan fingerprint density at radius 2 is 1.43 bits per heavy atom. The lowest BCUT2D eigenvalue weighted by Gasteiger charge is -2.65. The average molecular weight is 587 g/mol. The highest BCUT2D eigenvalue weighted by atomic mass is 16.6. The van der Waals surface area contributed by atoms with Crippen molar-refractivity contribution in [1.82, 2.24) is 0 Å². The fourth-order valence-corrected chi connectivity index (χ4v) is 11.7. The molecule has 0 amide bonds. The summed E-state index contributed by atoms with van der Waals surface area (Å²) in [5.41, 5.74) is -1.99. The van der Waals surface area contributed by atoms with Crippen molar-refractivity contribution in [3.8, 4) is 0 Å². The Labute approximate surface area is 250 Å². The second kappa shape index (κ2) is 9.90. The zero-order valence-corrected chi connectivity index (χ0v) is 26.5. The molecule has 42 heavy (non-hydrogen) atoms. The number of carboxylic acids is 1. The normalized spacial score (nSPS) is 47.5. The number of ketones is 1. The number of aliphatic carboxylic acids is 1. The van der Waals surface area contributed by atoms with E-state index in [1.54, 1.807) is 13.8 Å². The minimum atomic E-state index is -1.55. The molecule has 2 N–H and O–H groups in total. The van der Waals surface area contributed by atoms with Gasteiger partial charge < -0.3 is 19.7 Å². The number of aliphatic hydroxyl groups is 1. The van der Waals surface area contributed by atoms with Gasteiger partial charge in [0, 0.05) is 32.1 Å². The Bertz CT molecular complexity index is 1210. The van der Waals surface area contributed by atoms with E-state index < -0.39 is 53.0 Å². The first kappa shape index (κ1) is 31.2. The summed E-state index contributed by atoms with van der Waals surface area (Å²) in [6, 6.07) is 0. The summed E-state index contributed by atoms with van der Waals surface area (Å²) in [7, 11) is 0. The van der Waals surface area contributed by atoms with Gasteiger partial charge >= 0.3 is 17.9 Å². The minimum Gasteiger partial charge on any atom is -0.481 e. The number of carbonyl (C=O) groups excluding carboxylic acids is 3. The summed E-state index contributed by atoms with van der Waals surface area (Å²) in [4.78, 5) is 50.7. The number of hydrogen-bond acceptors (Lipinski definition) is 7. The first-order valence-corrected chi connectivity index (χ1v) is 15.9. The van der Waals surface area contributed by atoms with E-state index in [0.717, 1.165) is 38.5 Å². The lowest BCUT2D eigenvalue weighted by atomic mass is 9.40. The number of carboxylic acid groups (broad SMARTS) is 1. The van der Waals surface area contributed by atoms with E-state index in [9.17, 15) is 29.4 Å². The van der Waals surface area contributed by atoms with Gasteiger partial charge in [0.15, 0.2) is 5.78 Å². The van der Waals surface area contributed by atoms with Crippen molar-refractivity contribution in [2.75, 3.05) is 0 Å². The highest BCUT2D eigenvalue weighted by Gasteiger charge is 2.88. The zero-order chi connectivity index (χ0) is 31.2. The number of carbonyl (C=O) groups is 4. The van der Waals surface area contributed by atoms with Crippen LogP contribution in [0.1, 0.15) is 106 Å². The monoisotopic (exact) mass is 586 g/mol. The summed E-state index contributed by atoms with van der Waals surface area (Å²) in [5, 5.41) is 21.8. The van der Waals surface area contributed by atoms with Gasteiger partial charge in [0.1, 0.15) is 12.2 Å². The molecule has 5 aliphatic carbocycles. The Morgan fingerprint density at radius 1 is 0.857 bits per heavy atom. The van der Waals surface area contributed by atoms with Gasteiger partial charge in [-0.3, -0.25) is 19.2 Å². The summed E-state index contributed by atoms with van der Waals surface area (Å²) in [5.74, 6) is -2.13. The maximum Gasteiger partial charge on any atom is 0.312 e. The van der Waals surface area contributed by atoms with E-state index in [0.29, 0.717) is 36.7 Å². The SMILES string of the molecule is C=C(C)C(=O)CCC(C)C1CCC2(C)C3C(OC(C)=O)C(OC(C)=O)C4C(C)(C(=O)O)C(O)CCC45CC35CCC12C. The van der Waals surface area contributed by atoms with E-state index in [2.05, 4.69) is 27.4 Å². The fraction of sp³-hybridized carbons (Fsp3) is 0.824. The van der Waals surface area contributed by atoms with Crippen LogP contribution in [-0.4, -0.2) is 52.2 Å². The van der Waals surface area contributed by atoms with Gasteiger partial charge in [0.25, 0.3) is 0 Å². The van der Waals surface area contributed by atoms with Crippen LogP contribution in [0.2, 0.25) is 0 Å². The second-order valence-electron chi connectivity index (χ2n) is 15.4. The van der Waals surface area contributed by atoms with Crippen LogP contribution in [-0.2, 0) is 28.7 Å². The van der Waals surface area contributed by atoms with Crippen molar-refractivity contribution < 1.29 is 38.9 Å². The molecular formula is C34H50O8. The molecule has 8 nitrogen and oxygen atoms in total. The van der Waals surface area contributed by atoms with Crippen molar-refractivity contribution in [2.24, 2.45) is 50.7 Å². The standard InChI is InChI=1S/C34H50O8/c1-18(2)23(37)10-9-19(3)22-11-13-31(7)27-25(41-20(4)35)26(42-21(5)36)28-32(8,29(39)40)24(38)12-14-33(28)17-34(27,33)16-15-30(22,31)6/h19,22,24-28,38H,1,9-17H2,2-8H3,(H,39,40). The largest absolute Gasteiger partial charge is 0.481 e. The molecule has 5 fully saturated rings. The number of hydrogen-bond donors (Lipinski definition) is 2. The minimum absolute atomic E-state index is 0.103. The fourth-order valence-electron chi connectivity index (χ4n) is 11.7. The molecule has 5 saturated carbocycles. The van der Waals surface area contributed by atoms with E-state index in [1.165, 1.54) is 13.8 Å². The predicted octanol–water partition coefficient (Wildman–Crippen LogP) is 5.50. The number of aliphatic hydroxyl groups excluding tert-OH is 1. The Kier molecular flexibility index (Phi) is 7.36. The molecule has 0 aromatic heterocycles. The van der Waals surface area contributed by atoms with Gasteiger partial charge in [-0.2, -0.15) is 0 Å². The van der Waals surface area contributed by atoms with Crippen LogP contribution in [0.15, 0.2) is 12.2 Å². The number of rotatable bonds is 8.